The molecule has 5 nitrogen and oxygen atoms in total. The first-order chi connectivity index (χ1) is 13.5. The van der Waals surface area contributed by atoms with Crippen molar-refractivity contribution in [2.75, 3.05) is 11.1 Å². The molecule has 9 heteroatoms. The molecule has 1 fully saturated rings. The zero-order valence-electron chi connectivity index (χ0n) is 15.3. The first-order valence-electron chi connectivity index (χ1n) is 9.01. The Morgan fingerprint density at radius 1 is 1.07 bits per heavy atom. The number of hydrogen-bond donors (Lipinski definition) is 2. The van der Waals surface area contributed by atoms with Crippen LogP contribution in [0.15, 0.2) is 53.4 Å². The molecule has 0 saturated heterocycles. The summed E-state index contributed by atoms with van der Waals surface area (Å²) in [7, 11) is -3.31. The molecular formula is C20H20F3NO4S. The van der Waals surface area contributed by atoms with Crippen molar-refractivity contribution in [3.63, 3.8) is 0 Å². The lowest BCUT2D eigenvalue weighted by Gasteiger charge is -2.15. The summed E-state index contributed by atoms with van der Waals surface area (Å²) in [6.45, 7) is 0. The van der Waals surface area contributed by atoms with E-state index in [4.69, 9.17) is 0 Å². The second-order valence-corrected chi connectivity index (χ2v) is 9.19. The maximum absolute atomic E-state index is 12.5. The SMILES string of the molecule is O=C(Cc1ccc(S(=O)(=O)CC2CC2)cc1)Nc1ccc(C(O)C(F)(F)F)cc1. The van der Waals surface area contributed by atoms with Gasteiger partial charge in [-0.3, -0.25) is 4.79 Å². The molecule has 1 unspecified atom stereocenters. The van der Waals surface area contributed by atoms with Crippen LogP contribution in [0.3, 0.4) is 0 Å². The molecule has 156 valence electrons. The molecule has 0 aromatic heterocycles. The number of nitrogens with one attached hydrogen (secondary N) is 1. The number of carbonyl (C=O) groups is 1. The van der Waals surface area contributed by atoms with Crippen LogP contribution in [0.1, 0.15) is 30.1 Å². The van der Waals surface area contributed by atoms with Crippen molar-refractivity contribution in [1.29, 1.82) is 0 Å². The molecule has 2 aromatic rings. The number of rotatable bonds is 7. The van der Waals surface area contributed by atoms with Crippen LogP contribution < -0.4 is 5.32 Å². The predicted molar refractivity (Wildman–Crippen MR) is 101 cm³/mol. The van der Waals surface area contributed by atoms with Crippen LogP contribution in [-0.2, 0) is 21.1 Å². The van der Waals surface area contributed by atoms with Gasteiger partial charge in [0.15, 0.2) is 15.9 Å². The van der Waals surface area contributed by atoms with Crippen molar-refractivity contribution in [2.45, 2.75) is 36.4 Å². The van der Waals surface area contributed by atoms with Gasteiger partial charge in [-0.25, -0.2) is 8.42 Å². The van der Waals surface area contributed by atoms with Crippen molar-refractivity contribution < 1.29 is 31.5 Å². The van der Waals surface area contributed by atoms with Crippen LogP contribution in [0, 0.1) is 5.92 Å². The summed E-state index contributed by atoms with van der Waals surface area (Å²) in [6.07, 6.45) is -5.48. The second-order valence-electron chi connectivity index (χ2n) is 7.16. The Morgan fingerprint density at radius 2 is 1.66 bits per heavy atom. The molecule has 0 heterocycles. The van der Waals surface area contributed by atoms with Crippen molar-refractivity contribution >= 4 is 21.4 Å². The van der Waals surface area contributed by atoms with Crippen LogP contribution in [0.25, 0.3) is 0 Å². The van der Waals surface area contributed by atoms with Crippen molar-refractivity contribution in [3.05, 3.63) is 59.7 Å². The predicted octanol–water partition coefficient (Wildman–Crippen LogP) is 3.65. The van der Waals surface area contributed by atoms with Gasteiger partial charge in [-0.1, -0.05) is 24.3 Å². The topological polar surface area (TPSA) is 83.5 Å². The minimum atomic E-state index is -4.76. The van der Waals surface area contributed by atoms with E-state index in [0.717, 1.165) is 25.0 Å². The highest BCUT2D eigenvalue weighted by molar-refractivity contribution is 7.91. The van der Waals surface area contributed by atoms with E-state index < -0.39 is 28.0 Å². The third-order valence-electron chi connectivity index (χ3n) is 4.62. The third kappa shape index (κ3) is 5.80. The molecule has 0 bridgehead atoms. The Kier molecular flexibility index (Phi) is 6.00. The average Bonchev–Trinajstić information content (AvgIpc) is 3.44. The van der Waals surface area contributed by atoms with Crippen LogP contribution in [0.4, 0.5) is 18.9 Å². The van der Waals surface area contributed by atoms with Gasteiger partial charge in [0.05, 0.1) is 17.1 Å². The Balaban J connectivity index is 1.58. The van der Waals surface area contributed by atoms with Gasteiger partial charge in [-0.15, -0.1) is 0 Å². The number of amides is 1. The van der Waals surface area contributed by atoms with Gasteiger partial charge in [0, 0.05) is 5.69 Å². The molecule has 29 heavy (non-hydrogen) atoms. The molecule has 1 aliphatic carbocycles. The summed E-state index contributed by atoms with van der Waals surface area (Å²) in [5.74, 6) is -0.0110. The zero-order valence-corrected chi connectivity index (χ0v) is 16.1. The molecule has 0 spiro atoms. The van der Waals surface area contributed by atoms with E-state index in [-0.39, 0.29) is 34.2 Å². The smallest absolute Gasteiger partial charge is 0.379 e. The van der Waals surface area contributed by atoms with E-state index in [1.165, 1.54) is 24.3 Å². The number of sulfone groups is 1. The van der Waals surface area contributed by atoms with Crippen molar-refractivity contribution in [3.8, 4) is 0 Å². The van der Waals surface area contributed by atoms with Crippen molar-refractivity contribution in [1.82, 2.24) is 0 Å². The van der Waals surface area contributed by atoms with E-state index in [2.05, 4.69) is 5.32 Å². The number of anilines is 1. The molecule has 1 atom stereocenters. The molecule has 2 aromatic carbocycles. The fourth-order valence-electron chi connectivity index (χ4n) is 2.83. The quantitative estimate of drug-likeness (QED) is 0.707. The Labute approximate surface area is 166 Å². The van der Waals surface area contributed by atoms with E-state index in [9.17, 15) is 31.5 Å². The lowest BCUT2D eigenvalue weighted by atomic mass is 10.1. The molecule has 3 rings (SSSR count). The summed E-state index contributed by atoms with van der Waals surface area (Å²) in [5.41, 5.74) is 0.576. The highest BCUT2D eigenvalue weighted by Crippen LogP contribution is 2.33. The number of carbonyl (C=O) groups excluding carboxylic acids is 1. The van der Waals surface area contributed by atoms with Crippen LogP contribution in [-0.4, -0.2) is 31.4 Å². The highest BCUT2D eigenvalue weighted by atomic mass is 32.2. The van der Waals surface area contributed by atoms with Crippen molar-refractivity contribution in [2.24, 2.45) is 5.92 Å². The Hall–Kier alpha value is -2.39. The molecule has 2 N–H and O–H groups in total. The minimum absolute atomic E-state index is 0.0180. The highest BCUT2D eigenvalue weighted by Gasteiger charge is 2.39. The van der Waals surface area contributed by atoms with E-state index in [0.29, 0.717) is 5.56 Å². The maximum Gasteiger partial charge on any atom is 0.418 e. The summed E-state index contributed by atoms with van der Waals surface area (Å²) in [4.78, 5) is 12.4. The summed E-state index contributed by atoms with van der Waals surface area (Å²) in [6, 6.07) is 10.8. The molecule has 0 aliphatic heterocycles. The van der Waals surface area contributed by atoms with Gasteiger partial charge < -0.3 is 10.4 Å². The van der Waals surface area contributed by atoms with Gasteiger partial charge in [0.1, 0.15) is 0 Å². The zero-order chi connectivity index (χ0) is 21.2. The summed E-state index contributed by atoms with van der Waals surface area (Å²) in [5, 5.41) is 11.8. The summed E-state index contributed by atoms with van der Waals surface area (Å²) >= 11 is 0. The van der Waals surface area contributed by atoms with Gasteiger partial charge in [0.2, 0.25) is 5.91 Å². The first kappa shape index (κ1) is 21.3. The number of aliphatic hydroxyl groups is 1. The third-order valence-corrected chi connectivity index (χ3v) is 6.52. The monoisotopic (exact) mass is 427 g/mol. The number of alkyl halides is 3. The fourth-order valence-corrected chi connectivity index (χ4v) is 4.53. The average molecular weight is 427 g/mol. The largest absolute Gasteiger partial charge is 0.418 e. The standard InChI is InChI=1S/C20H20F3NO4S/c21-20(22,23)19(26)15-5-7-16(8-6-15)24-18(25)11-13-3-9-17(10-4-13)29(27,28)12-14-1-2-14/h3-10,14,19,26H,1-2,11-12H2,(H,24,25). The van der Waals surface area contributed by atoms with E-state index in [1.807, 2.05) is 0 Å². The maximum atomic E-state index is 12.5. The summed E-state index contributed by atoms with van der Waals surface area (Å²) < 4.78 is 61.9. The van der Waals surface area contributed by atoms with E-state index >= 15 is 0 Å². The van der Waals surface area contributed by atoms with Gasteiger partial charge in [0.25, 0.3) is 0 Å². The Morgan fingerprint density at radius 3 is 2.17 bits per heavy atom. The molecule has 1 amide bonds. The molecule has 1 aliphatic rings. The number of aliphatic hydroxyl groups excluding tert-OH is 1. The lowest BCUT2D eigenvalue weighted by Crippen LogP contribution is -2.20. The molecular weight excluding hydrogens is 407 g/mol. The first-order valence-corrected chi connectivity index (χ1v) is 10.7. The van der Waals surface area contributed by atoms with Gasteiger partial charge in [-0.05, 0) is 54.2 Å². The lowest BCUT2D eigenvalue weighted by molar-refractivity contribution is -0.206. The van der Waals surface area contributed by atoms with Crippen LogP contribution >= 0.6 is 0 Å². The minimum Gasteiger partial charge on any atom is -0.379 e. The second kappa shape index (κ2) is 8.16. The number of halogens is 3. The Bertz CT molecular complexity index is 966. The fraction of sp³-hybridized carbons (Fsp3) is 0.350. The van der Waals surface area contributed by atoms with E-state index in [1.54, 1.807) is 12.1 Å². The normalized spacial score (nSPS) is 15.7. The number of hydrogen-bond acceptors (Lipinski definition) is 4. The van der Waals surface area contributed by atoms with Crippen LogP contribution in [0.5, 0.6) is 0 Å². The van der Waals surface area contributed by atoms with Gasteiger partial charge >= 0.3 is 6.18 Å². The molecule has 0 radical (unpaired) electrons. The molecule has 1 saturated carbocycles. The van der Waals surface area contributed by atoms with Gasteiger partial charge in [-0.2, -0.15) is 13.2 Å². The van der Waals surface area contributed by atoms with Crippen LogP contribution in [0.2, 0.25) is 0 Å². The number of benzene rings is 2.